The summed E-state index contributed by atoms with van der Waals surface area (Å²) in [5.74, 6) is -0.267. The molecule has 2 unspecified atom stereocenters. The molecule has 0 aromatic carbocycles. The van der Waals surface area contributed by atoms with Crippen molar-refractivity contribution in [2.24, 2.45) is 5.92 Å². The molecule has 2 amide bonds. The van der Waals surface area contributed by atoms with E-state index < -0.39 is 12.1 Å². The molecule has 1 aliphatic carbocycles. The summed E-state index contributed by atoms with van der Waals surface area (Å²) in [5.41, 5.74) is 0. The van der Waals surface area contributed by atoms with Crippen LogP contribution in [0.2, 0.25) is 0 Å². The minimum Gasteiger partial charge on any atom is -0.481 e. The van der Waals surface area contributed by atoms with Crippen molar-refractivity contribution in [2.75, 3.05) is 20.2 Å². The summed E-state index contributed by atoms with van der Waals surface area (Å²) in [6.07, 6.45) is 6.62. The number of ether oxygens (including phenoxy) is 1. The molecule has 1 heterocycles. The van der Waals surface area contributed by atoms with E-state index in [0.29, 0.717) is 12.0 Å². The van der Waals surface area contributed by atoms with Gasteiger partial charge in [-0.15, -0.1) is 0 Å². The first-order chi connectivity index (χ1) is 10.1. The molecule has 1 saturated carbocycles. The molecule has 21 heavy (non-hydrogen) atoms. The first-order valence-corrected chi connectivity index (χ1v) is 7.91. The van der Waals surface area contributed by atoms with E-state index in [1.807, 2.05) is 4.90 Å². The second-order valence-electron chi connectivity index (χ2n) is 6.09. The van der Waals surface area contributed by atoms with Crippen LogP contribution in [0.15, 0.2) is 0 Å². The average molecular weight is 298 g/mol. The number of carbonyl (C=O) groups is 2. The first-order valence-electron chi connectivity index (χ1n) is 7.91. The molecular formula is C15H26N2O4. The van der Waals surface area contributed by atoms with Crippen molar-refractivity contribution in [1.82, 2.24) is 10.2 Å². The highest BCUT2D eigenvalue weighted by Crippen LogP contribution is 2.35. The van der Waals surface area contributed by atoms with Crippen molar-refractivity contribution in [3.8, 4) is 0 Å². The van der Waals surface area contributed by atoms with Crippen LogP contribution in [0.1, 0.15) is 44.9 Å². The fourth-order valence-corrected chi connectivity index (χ4v) is 3.61. The van der Waals surface area contributed by atoms with Crippen molar-refractivity contribution in [2.45, 2.75) is 57.1 Å². The van der Waals surface area contributed by atoms with Crippen LogP contribution in [0.25, 0.3) is 0 Å². The highest BCUT2D eigenvalue weighted by Gasteiger charge is 2.35. The van der Waals surface area contributed by atoms with E-state index in [9.17, 15) is 9.59 Å². The van der Waals surface area contributed by atoms with Gasteiger partial charge in [0.15, 0.2) is 0 Å². The first kappa shape index (κ1) is 16.1. The largest absolute Gasteiger partial charge is 0.481 e. The summed E-state index contributed by atoms with van der Waals surface area (Å²) in [7, 11) is 1.47. The van der Waals surface area contributed by atoms with E-state index in [1.54, 1.807) is 0 Å². The lowest BCUT2D eigenvalue weighted by molar-refractivity contribution is -0.139. The Hall–Kier alpha value is -1.30. The van der Waals surface area contributed by atoms with Gasteiger partial charge in [0.25, 0.3) is 0 Å². The van der Waals surface area contributed by atoms with Gasteiger partial charge in [0.05, 0.1) is 12.5 Å². The van der Waals surface area contributed by atoms with E-state index in [-0.39, 0.29) is 19.0 Å². The minimum atomic E-state index is -0.916. The number of nitrogens with one attached hydrogen (secondary N) is 1. The number of nitrogens with zero attached hydrogens (tertiary/aromatic N) is 1. The van der Waals surface area contributed by atoms with Crippen LogP contribution in [0.4, 0.5) is 4.79 Å². The van der Waals surface area contributed by atoms with E-state index in [2.05, 4.69) is 5.32 Å². The zero-order chi connectivity index (χ0) is 15.2. The Balaban J connectivity index is 1.82. The molecule has 2 aliphatic rings. The van der Waals surface area contributed by atoms with Crippen LogP contribution >= 0.6 is 0 Å². The van der Waals surface area contributed by atoms with Gasteiger partial charge in [-0.05, 0) is 31.6 Å². The highest BCUT2D eigenvalue weighted by molar-refractivity contribution is 5.75. The molecule has 0 spiro atoms. The van der Waals surface area contributed by atoms with Gasteiger partial charge in [-0.1, -0.05) is 12.8 Å². The lowest BCUT2D eigenvalue weighted by atomic mass is 9.96. The van der Waals surface area contributed by atoms with Gasteiger partial charge in [0.1, 0.15) is 0 Å². The predicted octanol–water partition coefficient (Wildman–Crippen LogP) is 1.84. The quantitative estimate of drug-likeness (QED) is 0.784. The number of methoxy groups -OCH3 is 1. The van der Waals surface area contributed by atoms with Crippen molar-refractivity contribution < 1.29 is 19.4 Å². The predicted molar refractivity (Wildman–Crippen MR) is 78.1 cm³/mol. The Labute approximate surface area is 125 Å². The van der Waals surface area contributed by atoms with Gasteiger partial charge in [0.2, 0.25) is 0 Å². The molecule has 2 atom stereocenters. The Bertz CT molecular complexity index is 369. The molecule has 0 aromatic heterocycles. The van der Waals surface area contributed by atoms with Crippen LogP contribution in [0.5, 0.6) is 0 Å². The van der Waals surface area contributed by atoms with E-state index in [0.717, 1.165) is 19.4 Å². The number of carbonyl (C=O) groups excluding carboxylic acids is 1. The molecule has 2 rings (SSSR count). The third-order valence-corrected chi connectivity index (χ3v) is 4.72. The summed E-state index contributed by atoms with van der Waals surface area (Å²) < 4.78 is 5.09. The van der Waals surface area contributed by atoms with Gasteiger partial charge in [-0.2, -0.15) is 0 Å². The Morgan fingerprint density at radius 1 is 1.29 bits per heavy atom. The number of carboxylic acid groups (broad SMARTS) is 1. The summed E-state index contributed by atoms with van der Waals surface area (Å²) in [6, 6.07) is 0.296. The van der Waals surface area contributed by atoms with Gasteiger partial charge in [0, 0.05) is 26.2 Å². The minimum absolute atomic E-state index is 0.0724. The molecule has 2 N–H and O–H groups in total. The Morgan fingerprint density at radius 3 is 2.62 bits per heavy atom. The monoisotopic (exact) mass is 298 g/mol. The van der Waals surface area contributed by atoms with E-state index >= 15 is 0 Å². The third kappa shape index (κ3) is 4.33. The smallest absolute Gasteiger partial charge is 0.317 e. The van der Waals surface area contributed by atoms with Gasteiger partial charge in [-0.3, -0.25) is 4.79 Å². The maximum atomic E-state index is 12.3. The molecule has 2 fully saturated rings. The molecule has 0 bridgehead atoms. The van der Waals surface area contributed by atoms with Crippen molar-refractivity contribution in [3.05, 3.63) is 0 Å². The molecule has 1 saturated heterocycles. The number of hydrogen-bond acceptors (Lipinski definition) is 3. The summed E-state index contributed by atoms with van der Waals surface area (Å²) in [4.78, 5) is 25.0. The standard InChI is InChI=1S/C15H26N2O4/c1-21-12(9-14(18)19)10-16-15(20)17-8-4-7-13(17)11-5-2-3-6-11/h11-13H,2-10H2,1H3,(H,16,20)(H,18,19). The van der Waals surface area contributed by atoms with E-state index in [1.165, 1.54) is 32.8 Å². The van der Waals surface area contributed by atoms with Crippen molar-refractivity contribution >= 4 is 12.0 Å². The number of rotatable bonds is 6. The third-order valence-electron chi connectivity index (χ3n) is 4.72. The number of aliphatic carboxylic acids is 1. The normalized spacial score (nSPS) is 24.2. The van der Waals surface area contributed by atoms with Crippen LogP contribution in [-0.4, -0.2) is 54.4 Å². The number of urea groups is 1. The molecule has 6 nitrogen and oxygen atoms in total. The number of amides is 2. The van der Waals surface area contributed by atoms with Gasteiger partial charge in [-0.25, -0.2) is 4.79 Å². The summed E-state index contributed by atoms with van der Waals surface area (Å²) in [6.45, 7) is 1.05. The Kier molecular flexibility index (Phi) is 5.85. The van der Waals surface area contributed by atoms with Crippen molar-refractivity contribution in [3.63, 3.8) is 0 Å². The maximum absolute atomic E-state index is 12.3. The lowest BCUT2D eigenvalue weighted by Crippen LogP contribution is -2.47. The topological polar surface area (TPSA) is 78.9 Å². The van der Waals surface area contributed by atoms with Gasteiger partial charge < -0.3 is 20.1 Å². The zero-order valence-electron chi connectivity index (χ0n) is 12.7. The Morgan fingerprint density at radius 2 is 2.00 bits per heavy atom. The zero-order valence-corrected chi connectivity index (χ0v) is 12.7. The van der Waals surface area contributed by atoms with Crippen LogP contribution in [0, 0.1) is 5.92 Å². The molecule has 6 heteroatoms. The van der Waals surface area contributed by atoms with Crippen LogP contribution in [0.3, 0.4) is 0 Å². The summed E-state index contributed by atoms with van der Waals surface area (Å²) >= 11 is 0. The van der Waals surface area contributed by atoms with Crippen molar-refractivity contribution in [1.29, 1.82) is 0 Å². The second-order valence-corrected chi connectivity index (χ2v) is 6.09. The van der Waals surface area contributed by atoms with E-state index in [4.69, 9.17) is 9.84 Å². The summed E-state index contributed by atoms with van der Waals surface area (Å²) in [5, 5.41) is 11.6. The molecule has 1 aliphatic heterocycles. The number of likely N-dealkylation sites (tertiary alicyclic amines) is 1. The number of hydrogen-bond donors (Lipinski definition) is 2. The fraction of sp³-hybridized carbons (Fsp3) is 0.867. The average Bonchev–Trinajstić information content (AvgIpc) is 3.11. The highest BCUT2D eigenvalue weighted by atomic mass is 16.5. The van der Waals surface area contributed by atoms with Crippen LogP contribution < -0.4 is 5.32 Å². The molecule has 120 valence electrons. The number of carboxylic acids is 1. The maximum Gasteiger partial charge on any atom is 0.317 e. The second kappa shape index (κ2) is 7.64. The van der Waals surface area contributed by atoms with Crippen LogP contribution in [-0.2, 0) is 9.53 Å². The molecular weight excluding hydrogens is 272 g/mol. The fourth-order valence-electron chi connectivity index (χ4n) is 3.61. The molecule has 0 aromatic rings. The van der Waals surface area contributed by atoms with Gasteiger partial charge >= 0.3 is 12.0 Å². The SMILES string of the molecule is COC(CNC(=O)N1CCCC1C1CCCC1)CC(=O)O. The lowest BCUT2D eigenvalue weighted by Gasteiger charge is -2.30. The molecule has 0 radical (unpaired) electrons.